The number of H-pyrrole nitrogens is 6. The number of nitrogens with one attached hydrogen (secondary N) is 9. The molecular formula is C78H105N37O9S6. The third kappa shape index (κ3) is 104. The van der Waals surface area contributed by atoms with Crippen molar-refractivity contribution in [2.45, 2.75) is 38.5 Å². The van der Waals surface area contributed by atoms with Gasteiger partial charge in [0, 0.05) is 162 Å². The molecule has 4 aliphatic heterocycles. The van der Waals surface area contributed by atoms with Crippen molar-refractivity contribution in [1.82, 2.24) is 185 Å². The van der Waals surface area contributed by atoms with E-state index in [0.29, 0.717) is 24.6 Å². The first kappa shape index (κ1) is 113. The van der Waals surface area contributed by atoms with Crippen LogP contribution in [-0.4, -0.2) is 255 Å². The predicted octanol–water partition coefficient (Wildman–Crippen LogP) is 11.6. The number of tetrazole rings is 1. The quantitative estimate of drug-likeness (QED) is 0.0681. The highest BCUT2D eigenvalue weighted by atomic mass is 32.2. The maximum Gasteiger partial charge on any atom is 0.213 e. The van der Waals surface area contributed by atoms with E-state index in [-0.39, 0.29) is 0 Å². The van der Waals surface area contributed by atoms with Crippen LogP contribution in [0.5, 0.6) is 0 Å². The van der Waals surface area contributed by atoms with Crippen LogP contribution in [0, 0.1) is 0 Å². The number of sulfone groups is 1. The van der Waals surface area contributed by atoms with Crippen LogP contribution in [-0.2, 0) is 19.3 Å². The van der Waals surface area contributed by atoms with Gasteiger partial charge in [0.2, 0.25) is 6.39 Å². The average molecular weight is 1900 g/mol. The Morgan fingerprint density at radius 3 is 1.19 bits per heavy atom. The molecule has 0 aromatic carbocycles. The van der Waals surface area contributed by atoms with Gasteiger partial charge in [0.05, 0.1) is 110 Å². The van der Waals surface area contributed by atoms with Crippen molar-refractivity contribution >= 4 is 67.3 Å². The van der Waals surface area contributed by atoms with Gasteiger partial charge in [0.15, 0.2) is 28.9 Å². The number of oxazole rings is 1. The number of ether oxygens (including phenoxy) is 2. The van der Waals surface area contributed by atoms with Crippen molar-refractivity contribution in [3.63, 3.8) is 0 Å². The molecule has 0 amide bonds. The molecular weight excluding hydrogens is 1790 g/mol. The molecule has 130 heavy (non-hydrogen) atoms. The number of nitrogens with zero attached hydrogens (tertiary/aromatic N) is 28. The van der Waals surface area contributed by atoms with Gasteiger partial charge in [-0.05, 0) is 152 Å². The summed E-state index contributed by atoms with van der Waals surface area (Å²) in [6.45, 7) is 9.59. The lowest BCUT2D eigenvalue weighted by molar-refractivity contribution is 0.0968. The Morgan fingerprint density at radius 1 is 0.308 bits per heavy atom. The number of hydrogen-bond acceptors (Lipinski definition) is 45. The van der Waals surface area contributed by atoms with E-state index in [1.54, 1.807) is 201 Å². The predicted molar refractivity (Wildman–Crippen MR) is 491 cm³/mol. The fourth-order valence-electron chi connectivity index (χ4n) is 6.63. The average Bonchev–Trinajstić information content (AvgIpc) is 1.36. The Hall–Kier alpha value is -14.7. The second kappa shape index (κ2) is 105. The van der Waals surface area contributed by atoms with Crippen molar-refractivity contribution in [3.05, 3.63) is 367 Å². The summed E-state index contributed by atoms with van der Waals surface area (Å²) in [7, 11) is -2.65. The van der Waals surface area contributed by atoms with Crippen LogP contribution in [0.2, 0.25) is 0 Å². The van der Waals surface area contributed by atoms with Crippen LogP contribution in [0.1, 0.15) is 38.5 Å². The largest absolute Gasteiger partial charge is 0.473 e. The summed E-state index contributed by atoms with van der Waals surface area (Å²) in [6, 6.07) is 28.2. The molecule has 0 saturated carbocycles. The first-order chi connectivity index (χ1) is 64.7. The summed E-state index contributed by atoms with van der Waals surface area (Å²) in [5.74, 6) is 0.625. The Kier molecular flexibility index (Phi) is 91.3. The first-order valence-corrected chi connectivity index (χ1v) is 44.5. The van der Waals surface area contributed by atoms with Crippen molar-refractivity contribution in [2.75, 3.05) is 77.2 Å². The van der Waals surface area contributed by atoms with E-state index in [1.807, 2.05) is 113 Å². The summed E-state index contributed by atoms with van der Waals surface area (Å²) in [6.07, 6.45) is 70.8. The third-order valence-electron chi connectivity index (χ3n) is 11.9. The number of morpholine rings is 1. The minimum atomic E-state index is -2.65. The second-order valence-electron chi connectivity index (χ2n) is 21.4. The normalized spacial score (nSPS) is 11.4. The van der Waals surface area contributed by atoms with Crippen molar-refractivity contribution in [1.29, 1.82) is 0 Å². The minimum absolute atomic E-state index is 0.312. The van der Waals surface area contributed by atoms with Gasteiger partial charge in [0.1, 0.15) is 43.3 Å². The maximum absolute atomic E-state index is 10.6. The van der Waals surface area contributed by atoms with Gasteiger partial charge in [-0.2, -0.15) is 65.5 Å². The zero-order chi connectivity index (χ0) is 92.3. The Morgan fingerprint density at radius 2 is 1.00 bits per heavy atom. The molecule has 0 atom stereocenters. The molecule has 692 valence electrons. The lowest BCUT2D eigenvalue weighted by Gasteiger charge is -2.10. The van der Waals surface area contributed by atoms with E-state index in [0.717, 1.165) is 39.5 Å². The summed E-state index contributed by atoms with van der Waals surface area (Å²) < 4.78 is 67.7. The van der Waals surface area contributed by atoms with E-state index in [4.69, 9.17) is 9.47 Å². The molecule has 0 radical (unpaired) electrons. The molecule has 0 bridgehead atoms. The van der Waals surface area contributed by atoms with Crippen LogP contribution in [0.3, 0.4) is 0 Å². The zero-order valence-corrected chi connectivity index (χ0v) is 75.4. The molecule has 9 N–H and O–H groups in total. The maximum atomic E-state index is 10.6. The van der Waals surface area contributed by atoms with Crippen LogP contribution in [0.25, 0.3) is 0 Å². The van der Waals surface area contributed by atoms with Crippen LogP contribution in [0.15, 0.2) is 389 Å². The number of rotatable bonds is 0. The fourth-order valence-corrected chi connectivity index (χ4v) is 9.45. The monoisotopic (exact) mass is 1900 g/mol. The molecule has 24 rings (SSSR count). The Labute approximate surface area is 770 Å². The van der Waals surface area contributed by atoms with Gasteiger partial charge < -0.3 is 53.3 Å². The number of aromatic nitrogens is 34. The summed E-state index contributed by atoms with van der Waals surface area (Å²) in [5.41, 5.74) is 3.47. The molecule has 46 nitrogen and oxygen atoms in total. The highest BCUT2D eigenvalue weighted by Crippen LogP contribution is 2.02. The van der Waals surface area contributed by atoms with Crippen molar-refractivity contribution < 1.29 is 40.4 Å². The third-order valence-corrected chi connectivity index (χ3v) is 16.1. The Balaban J connectivity index is 0.000000679. The van der Waals surface area contributed by atoms with Crippen LogP contribution >= 0.6 is 57.5 Å². The van der Waals surface area contributed by atoms with Crippen molar-refractivity contribution in [3.8, 4) is 0 Å². The molecule has 0 unspecified atom stereocenters. The first-order valence-electron chi connectivity index (χ1n) is 38.4. The minimum Gasteiger partial charge on any atom is -0.473 e. The van der Waals surface area contributed by atoms with Gasteiger partial charge in [0.25, 0.3) is 0 Å². The molecule has 52 heteroatoms. The van der Waals surface area contributed by atoms with Crippen LogP contribution < -0.4 is 16.0 Å². The Bertz CT molecular complexity index is 3390. The highest BCUT2D eigenvalue weighted by molar-refractivity contribution is 7.91. The molecule has 20 aromatic heterocycles. The van der Waals surface area contributed by atoms with E-state index < -0.39 is 9.84 Å². The van der Waals surface area contributed by atoms with Gasteiger partial charge in [-0.25, -0.2) is 52.3 Å². The molecule has 0 aliphatic carbocycles. The molecule has 4 fully saturated rings. The number of aromatic amines is 6. The van der Waals surface area contributed by atoms with Gasteiger partial charge >= 0.3 is 0 Å². The standard InChI is InChI=1S/C5H11N.C5H5N.C5H10O.3C4H4N2.C4H9NO2S.C4H9NO.C4H5N.C4H4O.C4H4S.2C3H4N2.2C3H3NO.2C3H3NS.2C2H3N3.2C2H2N2O.2C2H2N2S.CH2N4/c3*1-2-4-6-5-3-1;1-2-6-4-3-5-1;1-2-5-4-6-3-1;1-2-4-6-5-3-1;6-8(7)3-1-5-2-4-8;1-3-6-4-2-5-1;3*1-2-4-5-3-1;1-2-5-3-4-1;1-2-4-5-3-1;1-2-5-3-4-1;1-2-4-5-3-1;1-2-5-3-4-1;1-2-4-5-3-1;1-3-2-5-4-1;1-2-4-5-3-1;1-3-2-5-4-1;1-2-4-5-3-1;1-3-2-5-4-1;2*1-2-4-5-3-1/h6H,1-5H2;1-5H;1-5H2;3*1-4H;5H,1-4H2;5H,1-4H2;1-5H;2*1-4H;2*1-3H,(H,4,5);4*1-3H;2*1-2H,(H,3,4,5);4*1-2H;1H,(H,2,3,4,5). The van der Waals surface area contributed by atoms with Gasteiger partial charge in [-0.3, -0.25) is 30.1 Å². The SMILES string of the molecule is C1CCNCC1.C1CCOCC1.C1COCCN1.O=S1(=O)CCNCC1.c1c[nH]cn1.c1cc[nH]c1.c1ccncc1.c1ccnnc1.c1ccoc1.c1ccsc1.c1cn[nH]c1.c1cn[nH]n1.c1cnccn1.c1cncnc1.c1cnoc1.c1cnon1.c1cnsc1.c1cnsn1.c1cocn1.c1cscn1.c1nc[nH]n1.c1ncon1.c1ncsn1.c1nn[nH]n1. The second-order valence-corrected chi connectivity index (χ2v) is 27.2. The fraction of sp³-hybridized carbons (Fsp3) is 0.231. The highest BCUT2D eigenvalue weighted by Gasteiger charge is 2.13. The number of pyridine rings is 1. The molecule has 4 aliphatic rings. The smallest absolute Gasteiger partial charge is 0.213 e. The summed E-state index contributed by atoms with van der Waals surface area (Å²) in [4.78, 5) is 45.8. The molecule has 24 heterocycles. The van der Waals surface area contributed by atoms with E-state index >= 15 is 0 Å². The number of hydrogen-bond donors (Lipinski definition) is 9. The molecule has 4 saturated heterocycles. The van der Waals surface area contributed by atoms with E-state index in [9.17, 15) is 8.42 Å². The summed E-state index contributed by atoms with van der Waals surface area (Å²) >= 11 is 7.34. The lowest BCUT2D eigenvalue weighted by Crippen LogP contribution is -2.35. The van der Waals surface area contributed by atoms with Crippen LogP contribution in [0.4, 0.5) is 0 Å². The number of imidazole rings is 1. The van der Waals surface area contributed by atoms with E-state index in [1.165, 1.54) is 162 Å². The number of thiazole rings is 1. The lowest BCUT2D eigenvalue weighted by atomic mass is 10.2. The molecule has 0 spiro atoms. The number of furan rings is 1. The number of piperidine rings is 1. The summed E-state index contributed by atoms with van der Waals surface area (Å²) in [5, 5.41) is 71.2. The zero-order valence-electron chi connectivity index (χ0n) is 70.5. The van der Waals surface area contributed by atoms with E-state index in [2.05, 4.69) is 208 Å². The van der Waals surface area contributed by atoms with Crippen molar-refractivity contribution in [2.24, 2.45) is 0 Å². The van der Waals surface area contributed by atoms with Gasteiger partial charge in [-0.15, -0.1) is 21.5 Å². The topological polar surface area (TPSA) is 610 Å². The molecule has 20 aromatic rings. The van der Waals surface area contributed by atoms with Gasteiger partial charge in [-0.1, -0.05) is 50.5 Å². The number of thiophene rings is 1.